The molecule has 8 nitrogen and oxygen atoms in total. The summed E-state index contributed by atoms with van der Waals surface area (Å²) in [6.07, 6.45) is 0. The van der Waals surface area contributed by atoms with Crippen molar-refractivity contribution in [2.45, 2.75) is 0 Å². The highest BCUT2D eigenvalue weighted by Crippen LogP contribution is 2.29. The zero-order valence-corrected chi connectivity index (χ0v) is 17.0. The zero-order chi connectivity index (χ0) is 24.4. The standard InChI is InChI=1S/C22H12ClF2NO7/c23-15-8-12(13(21(30)31)7-14(15)22(32)33)19(27)26-18-6-10(1-3-11(18)20(28)29)9-2-4-16(24)17(25)5-9/h1-8H,(H,26,27)(H,28,29)(H,30,31)(H,32,33). The van der Waals surface area contributed by atoms with E-state index in [9.17, 15) is 38.2 Å². The van der Waals surface area contributed by atoms with E-state index in [1.54, 1.807) is 0 Å². The summed E-state index contributed by atoms with van der Waals surface area (Å²) in [4.78, 5) is 47.2. The van der Waals surface area contributed by atoms with Crippen LogP contribution in [0.3, 0.4) is 0 Å². The van der Waals surface area contributed by atoms with Gasteiger partial charge in [0.2, 0.25) is 0 Å². The number of amides is 1. The molecule has 0 saturated heterocycles. The Morgan fingerprint density at radius 2 is 1.24 bits per heavy atom. The number of aromatic carboxylic acids is 3. The van der Waals surface area contributed by atoms with Crippen molar-refractivity contribution in [1.29, 1.82) is 0 Å². The highest BCUT2D eigenvalue weighted by molar-refractivity contribution is 6.34. The summed E-state index contributed by atoms with van der Waals surface area (Å²) in [6.45, 7) is 0. The SMILES string of the molecule is O=C(O)c1cc(C(=O)O)c(C(=O)Nc2cc(-c3ccc(F)c(F)c3)ccc2C(=O)O)cc1Cl. The van der Waals surface area contributed by atoms with Gasteiger partial charge in [-0.15, -0.1) is 0 Å². The lowest BCUT2D eigenvalue weighted by atomic mass is 10.0. The molecule has 0 fully saturated rings. The quantitative estimate of drug-likeness (QED) is 0.407. The molecule has 0 spiro atoms. The maximum Gasteiger partial charge on any atom is 0.337 e. The molecular formula is C22H12ClF2NO7. The molecule has 0 saturated carbocycles. The smallest absolute Gasteiger partial charge is 0.337 e. The minimum Gasteiger partial charge on any atom is -0.478 e. The Hall–Kier alpha value is -4.31. The molecule has 0 bridgehead atoms. The molecule has 168 valence electrons. The average Bonchev–Trinajstić information content (AvgIpc) is 2.74. The third-order valence-corrected chi connectivity index (χ3v) is 4.88. The van der Waals surface area contributed by atoms with Crippen molar-refractivity contribution in [2.24, 2.45) is 0 Å². The second kappa shape index (κ2) is 9.05. The van der Waals surface area contributed by atoms with Crippen LogP contribution in [0.1, 0.15) is 41.4 Å². The predicted octanol–water partition coefficient (Wildman–Crippen LogP) is 4.63. The fourth-order valence-corrected chi connectivity index (χ4v) is 3.23. The van der Waals surface area contributed by atoms with E-state index in [-0.39, 0.29) is 22.4 Å². The van der Waals surface area contributed by atoms with Crippen LogP contribution < -0.4 is 5.32 Å². The highest BCUT2D eigenvalue weighted by Gasteiger charge is 2.23. The van der Waals surface area contributed by atoms with Gasteiger partial charge in [0.05, 0.1) is 33.0 Å². The van der Waals surface area contributed by atoms with Gasteiger partial charge in [-0.3, -0.25) is 4.79 Å². The van der Waals surface area contributed by atoms with Gasteiger partial charge in [-0.2, -0.15) is 0 Å². The fraction of sp³-hybridized carbons (Fsp3) is 0. The topological polar surface area (TPSA) is 141 Å². The molecule has 11 heteroatoms. The molecule has 0 heterocycles. The van der Waals surface area contributed by atoms with E-state index < -0.39 is 57.2 Å². The molecule has 33 heavy (non-hydrogen) atoms. The fourth-order valence-electron chi connectivity index (χ4n) is 2.98. The maximum absolute atomic E-state index is 13.6. The zero-order valence-electron chi connectivity index (χ0n) is 16.2. The first-order valence-electron chi connectivity index (χ1n) is 8.94. The summed E-state index contributed by atoms with van der Waals surface area (Å²) in [5.74, 6) is -7.87. The number of carboxylic acids is 3. The van der Waals surface area contributed by atoms with Gasteiger partial charge in [-0.25, -0.2) is 23.2 Å². The van der Waals surface area contributed by atoms with Gasteiger partial charge in [0.25, 0.3) is 5.91 Å². The Bertz CT molecular complexity index is 1340. The number of hydrogen-bond acceptors (Lipinski definition) is 4. The van der Waals surface area contributed by atoms with Crippen molar-refractivity contribution < 1.29 is 43.3 Å². The molecule has 3 rings (SSSR count). The Morgan fingerprint density at radius 3 is 1.82 bits per heavy atom. The Kier molecular flexibility index (Phi) is 6.40. The van der Waals surface area contributed by atoms with E-state index in [1.165, 1.54) is 18.2 Å². The molecule has 0 aromatic heterocycles. The monoisotopic (exact) mass is 475 g/mol. The molecule has 0 aliphatic rings. The molecule has 0 atom stereocenters. The van der Waals surface area contributed by atoms with Crippen molar-refractivity contribution in [2.75, 3.05) is 5.32 Å². The number of carboxylic acid groups (broad SMARTS) is 3. The number of benzene rings is 3. The Labute approximate surface area is 188 Å². The average molecular weight is 476 g/mol. The van der Waals surface area contributed by atoms with Crippen LogP contribution >= 0.6 is 11.6 Å². The van der Waals surface area contributed by atoms with Crippen LogP contribution in [0.25, 0.3) is 11.1 Å². The largest absolute Gasteiger partial charge is 0.478 e. The lowest BCUT2D eigenvalue weighted by Gasteiger charge is -2.13. The molecule has 0 radical (unpaired) electrons. The van der Waals surface area contributed by atoms with Crippen LogP contribution in [0.15, 0.2) is 48.5 Å². The van der Waals surface area contributed by atoms with E-state index >= 15 is 0 Å². The van der Waals surface area contributed by atoms with Crippen LogP contribution in [0, 0.1) is 11.6 Å². The Balaban J connectivity index is 2.08. The maximum atomic E-state index is 13.6. The van der Waals surface area contributed by atoms with Gasteiger partial charge in [-0.05, 0) is 47.5 Å². The Morgan fingerprint density at radius 1 is 0.667 bits per heavy atom. The summed E-state index contributed by atoms with van der Waals surface area (Å²) in [7, 11) is 0. The molecule has 0 aliphatic carbocycles. The van der Waals surface area contributed by atoms with Gasteiger partial charge in [0.1, 0.15) is 0 Å². The van der Waals surface area contributed by atoms with Crippen LogP contribution in [0.2, 0.25) is 5.02 Å². The lowest BCUT2D eigenvalue weighted by molar-refractivity contribution is 0.0680. The molecule has 3 aromatic carbocycles. The number of carbonyl (C=O) groups is 4. The normalized spacial score (nSPS) is 10.5. The van der Waals surface area contributed by atoms with E-state index in [4.69, 9.17) is 16.7 Å². The number of carbonyl (C=O) groups excluding carboxylic acids is 1. The van der Waals surface area contributed by atoms with Crippen molar-refractivity contribution >= 4 is 41.1 Å². The van der Waals surface area contributed by atoms with E-state index in [0.717, 1.165) is 24.3 Å². The first-order valence-corrected chi connectivity index (χ1v) is 9.31. The second-order valence-electron chi connectivity index (χ2n) is 6.64. The van der Waals surface area contributed by atoms with E-state index in [2.05, 4.69) is 5.32 Å². The molecule has 0 unspecified atom stereocenters. The van der Waals surface area contributed by atoms with Crippen LogP contribution in [-0.4, -0.2) is 39.1 Å². The summed E-state index contributed by atoms with van der Waals surface area (Å²) in [5, 5.41) is 29.8. The number of nitrogens with one attached hydrogen (secondary N) is 1. The number of hydrogen-bond donors (Lipinski definition) is 4. The van der Waals surface area contributed by atoms with Crippen molar-refractivity contribution in [1.82, 2.24) is 0 Å². The molecule has 4 N–H and O–H groups in total. The summed E-state index contributed by atoms with van der Waals surface area (Å²) in [6, 6.07) is 8.15. The van der Waals surface area contributed by atoms with Crippen LogP contribution in [-0.2, 0) is 0 Å². The summed E-state index contributed by atoms with van der Waals surface area (Å²) >= 11 is 5.85. The van der Waals surface area contributed by atoms with Gasteiger partial charge in [-0.1, -0.05) is 23.7 Å². The first kappa shape index (κ1) is 23.4. The second-order valence-corrected chi connectivity index (χ2v) is 7.04. The van der Waals surface area contributed by atoms with Crippen LogP contribution in [0.5, 0.6) is 0 Å². The van der Waals surface area contributed by atoms with Gasteiger partial charge in [0.15, 0.2) is 11.6 Å². The minimum absolute atomic E-state index is 0.182. The summed E-state index contributed by atoms with van der Waals surface area (Å²) in [5.41, 5.74) is -1.98. The highest BCUT2D eigenvalue weighted by atomic mass is 35.5. The first-order chi connectivity index (χ1) is 15.5. The van der Waals surface area contributed by atoms with Gasteiger partial charge < -0.3 is 20.6 Å². The van der Waals surface area contributed by atoms with Crippen LogP contribution in [0.4, 0.5) is 14.5 Å². The van der Waals surface area contributed by atoms with E-state index in [0.29, 0.717) is 6.07 Å². The lowest BCUT2D eigenvalue weighted by Crippen LogP contribution is -2.19. The molecule has 1 amide bonds. The minimum atomic E-state index is -1.62. The predicted molar refractivity (Wildman–Crippen MR) is 112 cm³/mol. The van der Waals surface area contributed by atoms with Crippen molar-refractivity contribution in [3.05, 3.63) is 87.4 Å². The molecule has 3 aromatic rings. The van der Waals surface area contributed by atoms with E-state index in [1.807, 2.05) is 0 Å². The van der Waals surface area contributed by atoms with Crippen molar-refractivity contribution in [3.63, 3.8) is 0 Å². The third-order valence-electron chi connectivity index (χ3n) is 4.56. The molecule has 0 aliphatic heterocycles. The number of halogens is 3. The number of anilines is 1. The van der Waals surface area contributed by atoms with Crippen molar-refractivity contribution in [3.8, 4) is 11.1 Å². The van der Waals surface area contributed by atoms with Gasteiger partial charge >= 0.3 is 17.9 Å². The molecular weight excluding hydrogens is 464 g/mol. The van der Waals surface area contributed by atoms with Gasteiger partial charge in [0, 0.05) is 0 Å². The summed E-state index contributed by atoms with van der Waals surface area (Å²) < 4.78 is 26.8. The third kappa shape index (κ3) is 4.80. The number of rotatable bonds is 6.